The molecule has 14 heteroatoms. The maximum atomic E-state index is 12.7. The van der Waals surface area contributed by atoms with Crippen molar-refractivity contribution in [1.82, 2.24) is 14.1 Å². The highest BCUT2D eigenvalue weighted by atomic mass is 32.2. The van der Waals surface area contributed by atoms with E-state index in [0.717, 1.165) is 27.5 Å². The van der Waals surface area contributed by atoms with Gasteiger partial charge in [-0.05, 0) is 35.9 Å². The molecule has 0 unspecified atom stereocenters. The molecule has 10 nitrogen and oxygen atoms in total. The number of carbonyl (C=O) groups excluding carboxylic acids is 1. The number of hydrogen-bond donors (Lipinski definition) is 3. The number of sulfone groups is 1. The molecule has 2 heterocycles. The predicted octanol–water partition coefficient (Wildman–Crippen LogP) is 1.57. The van der Waals surface area contributed by atoms with Crippen molar-refractivity contribution in [2.75, 3.05) is 5.32 Å². The first-order chi connectivity index (χ1) is 14.4. The van der Waals surface area contributed by atoms with Crippen molar-refractivity contribution in [2.45, 2.75) is 16.9 Å². The minimum Gasteiger partial charge on any atom is -0.493 e. The summed E-state index contributed by atoms with van der Waals surface area (Å²) in [7, 11) is -5.55. The number of hydrogen-bond acceptors (Lipinski definition) is 6. The number of amides is 2. The number of alkyl halides is 3. The molecule has 0 aliphatic heterocycles. The fourth-order valence-corrected chi connectivity index (χ4v) is 3.49. The number of urea groups is 1. The van der Waals surface area contributed by atoms with Crippen LogP contribution in [0.25, 0.3) is 5.69 Å². The number of primary amides is 1. The highest BCUT2D eigenvalue weighted by Gasteiger charge is 2.46. The fraction of sp³-hybridized carbons (Fsp3) is 0.118. The Morgan fingerprint density at radius 1 is 1.19 bits per heavy atom. The van der Waals surface area contributed by atoms with Crippen LogP contribution in [0.1, 0.15) is 5.56 Å². The van der Waals surface area contributed by atoms with E-state index in [9.17, 15) is 36.3 Å². The summed E-state index contributed by atoms with van der Waals surface area (Å²) >= 11 is 0. The van der Waals surface area contributed by atoms with Gasteiger partial charge in [-0.15, -0.1) is 0 Å². The first-order valence-corrected chi connectivity index (χ1v) is 9.82. The Kier molecular flexibility index (Phi) is 5.50. The molecule has 0 aliphatic carbocycles. The molecule has 0 saturated heterocycles. The van der Waals surface area contributed by atoms with Crippen LogP contribution in [-0.4, -0.2) is 39.2 Å². The van der Waals surface area contributed by atoms with Gasteiger partial charge in [-0.3, -0.25) is 9.55 Å². The normalized spacial score (nSPS) is 12.0. The molecule has 0 aliphatic rings. The maximum Gasteiger partial charge on any atom is 0.501 e. The zero-order chi connectivity index (χ0) is 23.0. The van der Waals surface area contributed by atoms with Crippen molar-refractivity contribution >= 4 is 21.6 Å². The van der Waals surface area contributed by atoms with Crippen LogP contribution in [0.15, 0.2) is 58.6 Å². The van der Waals surface area contributed by atoms with E-state index < -0.39 is 37.8 Å². The first kappa shape index (κ1) is 21.9. The summed E-state index contributed by atoms with van der Waals surface area (Å²) in [5.74, 6) is -0.546. The summed E-state index contributed by atoms with van der Waals surface area (Å²) in [5, 5.41) is 12.5. The lowest BCUT2D eigenvalue weighted by Crippen LogP contribution is -2.25. The average Bonchev–Trinajstić information content (AvgIpc) is 2.95. The van der Waals surface area contributed by atoms with E-state index >= 15 is 0 Å². The van der Waals surface area contributed by atoms with Gasteiger partial charge in [0, 0.05) is 6.20 Å². The van der Waals surface area contributed by atoms with E-state index in [2.05, 4.69) is 10.3 Å². The minimum absolute atomic E-state index is 0.0624. The molecule has 3 rings (SSSR count). The number of carbonyl (C=O) groups is 1. The number of rotatable bonds is 5. The van der Waals surface area contributed by atoms with Crippen LogP contribution in [0.5, 0.6) is 5.88 Å². The van der Waals surface area contributed by atoms with Crippen molar-refractivity contribution in [2.24, 2.45) is 5.73 Å². The smallest absolute Gasteiger partial charge is 0.493 e. The molecular weight excluding hydrogens is 443 g/mol. The molecule has 164 valence electrons. The van der Waals surface area contributed by atoms with Gasteiger partial charge in [0.25, 0.3) is 9.84 Å². The van der Waals surface area contributed by atoms with E-state index in [-0.39, 0.29) is 17.9 Å². The highest BCUT2D eigenvalue weighted by Crippen LogP contribution is 2.30. The third-order valence-electron chi connectivity index (χ3n) is 4.16. The van der Waals surface area contributed by atoms with Crippen LogP contribution < -0.4 is 16.7 Å². The lowest BCUT2D eigenvalue weighted by molar-refractivity contribution is -0.0436. The number of halogens is 3. The molecule has 4 N–H and O–H groups in total. The van der Waals surface area contributed by atoms with Crippen molar-refractivity contribution < 1.29 is 31.5 Å². The molecule has 0 radical (unpaired) electrons. The highest BCUT2D eigenvalue weighted by molar-refractivity contribution is 7.92. The van der Waals surface area contributed by atoms with Gasteiger partial charge in [0.2, 0.25) is 5.88 Å². The quantitative estimate of drug-likeness (QED) is 0.529. The number of nitrogens with two attached hydrogens (primary N) is 1. The number of anilines is 1. The molecule has 0 atom stereocenters. The molecule has 2 aromatic heterocycles. The van der Waals surface area contributed by atoms with Gasteiger partial charge in [-0.2, -0.15) is 13.2 Å². The zero-order valence-electron chi connectivity index (χ0n) is 15.4. The topological polar surface area (TPSA) is 149 Å². The summed E-state index contributed by atoms with van der Waals surface area (Å²) in [6, 6.07) is 3.92. The van der Waals surface area contributed by atoms with Gasteiger partial charge in [0.15, 0.2) is 0 Å². The van der Waals surface area contributed by atoms with Crippen LogP contribution in [0.3, 0.4) is 0 Å². The van der Waals surface area contributed by atoms with E-state index in [1.54, 1.807) is 0 Å². The zero-order valence-corrected chi connectivity index (χ0v) is 16.2. The molecular formula is C17H14F3N5O5S. The monoisotopic (exact) mass is 457 g/mol. The maximum absolute atomic E-state index is 12.7. The summed E-state index contributed by atoms with van der Waals surface area (Å²) in [6.45, 7) is -0.113. The van der Waals surface area contributed by atoms with E-state index in [1.807, 2.05) is 0 Å². The second kappa shape index (κ2) is 7.79. The Balaban J connectivity index is 1.97. The second-order valence-electron chi connectivity index (χ2n) is 6.20. The van der Waals surface area contributed by atoms with E-state index in [4.69, 9.17) is 5.73 Å². The van der Waals surface area contributed by atoms with Crippen LogP contribution in [-0.2, 0) is 16.4 Å². The minimum atomic E-state index is -5.55. The summed E-state index contributed by atoms with van der Waals surface area (Å²) in [6.07, 6.45) is 3.78. The van der Waals surface area contributed by atoms with Gasteiger partial charge in [0.1, 0.15) is 0 Å². The largest absolute Gasteiger partial charge is 0.501 e. The standard InChI is InChI=1S/C17H14F3N5O5S/c18-17(19,20)31(29,30)12-3-1-11(2-4-12)25-14(26)9-24(16(25)28)8-10-5-6-22-7-13(10)23-15(21)27/h1-7,9,26H,8H2,(H3,21,23,27). The van der Waals surface area contributed by atoms with E-state index in [0.29, 0.717) is 17.7 Å². The number of aromatic nitrogens is 3. The van der Waals surface area contributed by atoms with Gasteiger partial charge >= 0.3 is 17.2 Å². The molecule has 0 fully saturated rings. The molecule has 1 aromatic carbocycles. The number of pyridine rings is 1. The average molecular weight is 457 g/mol. The first-order valence-electron chi connectivity index (χ1n) is 8.34. The Morgan fingerprint density at radius 2 is 1.84 bits per heavy atom. The molecule has 0 bridgehead atoms. The molecule has 0 spiro atoms. The van der Waals surface area contributed by atoms with Gasteiger partial charge in [0.05, 0.1) is 35.2 Å². The Bertz CT molecular complexity index is 1300. The van der Waals surface area contributed by atoms with Crippen LogP contribution in [0, 0.1) is 0 Å². The Morgan fingerprint density at radius 3 is 2.42 bits per heavy atom. The summed E-state index contributed by atoms with van der Waals surface area (Å²) < 4.78 is 62.8. The number of aromatic hydroxyl groups is 1. The SMILES string of the molecule is NC(=O)Nc1cnccc1Cn1cc(O)n(-c2ccc(S(=O)(=O)C(F)(F)F)cc2)c1=O. The van der Waals surface area contributed by atoms with Crippen molar-refractivity contribution in [3.63, 3.8) is 0 Å². The van der Waals surface area contributed by atoms with Gasteiger partial charge < -0.3 is 16.2 Å². The lowest BCUT2D eigenvalue weighted by Gasteiger charge is -2.09. The van der Waals surface area contributed by atoms with Crippen molar-refractivity contribution in [3.05, 3.63) is 65.0 Å². The second-order valence-corrected chi connectivity index (χ2v) is 8.14. The Hall–Kier alpha value is -3.81. The summed E-state index contributed by atoms with van der Waals surface area (Å²) in [5.41, 5.74) is -0.560. The fourth-order valence-electron chi connectivity index (χ4n) is 2.73. The Labute approximate surface area is 172 Å². The van der Waals surface area contributed by atoms with Crippen molar-refractivity contribution in [1.29, 1.82) is 0 Å². The molecule has 0 saturated carbocycles. The van der Waals surface area contributed by atoms with Crippen LogP contribution in [0.4, 0.5) is 23.7 Å². The number of nitrogens with one attached hydrogen (secondary N) is 1. The molecule has 31 heavy (non-hydrogen) atoms. The van der Waals surface area contributed by atoms with E-state index in [1.165, 1.54) is 18.5 Å². The lowest BCUT2D eigenvalue weighted by atomic mass is 10.2. The predicted molar refractivity (Wildman–Crippen MR) is 101 cm³/mol. The summed E-state index contributed by atoms with van der Waals surface area (Å²) in [4.78, 5) is 26.6. The van der Waals surface area contributed by atoms with Gasteiger partial charge in [-0.25, -0.2) is 22.6 Å². The molecule has 3 aromatic rings. The van der Waals surface area contributed by atoms with Crippen molar-refractivity contribution in [3.8, 4) is 11.6 Å². The van der Waals surface area contributed by atoms with Crippen LogP contribution in [0.2, 0.25) is 0 Å². The number of nitrogens with zero attached hydrogens (tertiary/aromatic N) is 3. The third kappa shape index (κ3) is 4.23. The number of benzene rings is 1. The van der Waals surface area contributed by atoms with Gasteiger partial charge in [-0.1, -0.05) is 0 Å². The third-order valence-corrected chi connectivity index (χ3v) is 5.66. The number of imidazole rings is 1. The molecule has 2 amide bonds. The van der Waals surface area contributed by atoms with Crippen LogP contribution >= 0.6 is 0 Å².